The second kappa shape index (κ2) is 6.38. The van der Waals surface area contributed by atoms with Crippen LogP contribution in [0.1, 0.15) is 19.4 Å². The molecular weight excluding hydrogens is 202 g/mol. The molecule has 0 atom stereocenters. The lowest BCUT2D eigenvalue weighted by atomic mass is 10.1. The van der Waals surface area contributed by atoms with E-state index in [9.17, 15) is 0 Å². The quantitative estimate of drug-likeness (QED) is 0.804. The minimum absolute atomic E-state index is 0.511. The van der Waals surface area contributed by atoms with Gasteiger partial charge in [0.25, 0.3) is 0 Å². The van der Waals surface area contributed by atoms with Crippen LogP contribution in [0.15, 0.2) is 18.2 Å². The number of hydrogen-bond donors (Lipinski definition) is 1. The van der Waals surface area contributed by atoms with E-state index in [2.05, 4.69) is 13.8 Å². The molecule has 3 heteroatoms. The number of benzene rings is 1. The van der Waals surface area contributed by atoms with Crippen LogP contribution in [0.25, 0.3) is 0 Å². The number of hydrogen-bond acceptors (Lipinski definition) is 3. The molecule has 0 saturated carbocycles. The van der Waals surface area contributed by atoms with Crippen LogP contribution in [0.2, 0.25) is 0 Å². The third kappa shape index (κ3) is 3.74. The zero-order chi connectivity index (χ0) is 12.0. The molecule has 0 aliphatic heterocycles. The van der Waals surface area contributed by atoms with Crippen LogP contribution in [-0.4, -0.2) is 20.3 Å². The maximum absolute atomic E-state index is 5.76. The van der Waals surface area contributed by atoms with E-state index in [0.717, 1.165) is 23.5 Å². The van der Waals surface area contributed by atoms with Crippen molar-refractivity contribution < 1.29 is 9.47 Å². The van der Waals surface area contributed by atoms with Crippen molar-refractivity contribution in [1.82, 2.24) is 0 Å². The summed E-state index contributed by atoms with van der Waals surface area (Å²) in [5.74, 6) is 2.22. The second-order valence-electron chi connectivity index (χ2n) is 4.22. The zero-order valence-corrected chi connectivity index (χ0v) is 10.3. The maximum Gasteiger partial charge on any atom is 0.126 e. The summed E-state index contributed by atoms with van der Waals surface area (Å²) in [4.78, 5) is 0. The molecule has 0 radical (unpaired) electrons. The van der Waals surface area contributed by atoms with Crippen molar-refractivity contribution in [3.63, 3.8) is 0 Å². The van der Waals surface area contributed by atoms with Crippen molar-refractivity contribution in [3.8, 4) is 11.5 Å². The molecule has 0 aliphatic carbocycles. The highest BCUT2D eigenvalue weighted by atomic mass is 16.5. The van der Waals surface area contributed by atoms with Gasteiger partial charge in [0, 0.05) is 6.07 Å². The molecule has 1 rings (SSSR count). The highest BCUT2D eigenvalue weighted by molar-refractivity contribution is 5.41. The lowest BCUT2D eigenvalue weighted by molar-refractivity contribution is 0.267. The SMILES string of the molecule is COc1ccc(CCN)c(OCC(C)C)c1. The summed E-state index contributed by atoms with van der Waals surface area (Å²) in [5, 5.41) is 0. The Kier molecular flexibility index (Phi) is 5.12. The topological polar surface area (TPSA) is 44.5 Å². The van der Waals surface area contributed by atoms with Crippen molar-refractivity contribution in [2.45, 2.75) is 20.3 Å². The lowest BCUT2D eigenvalue weighted by Gasteiger charge is -2.14. The molecule has 0 unspecified atom stereocenters. The minimum Gasteiger partial charge on any atom is -0.497 e. The fraction of sp³-hybridized carbons (Fsp3) is 0.538. The Balaban J connectivity index is 2.82. The molecule has 0 amide bonds. The highest BCUT2D eigenvalue weighted by Gasteiger charge is 2.06. The molecule has 0 fully saturated rings. The lowest BCUT2D eigenvalue weighted by Crippen LogP contribution is -2.09. The number of nitrogens with two attached hydrogens (primary N) is 1. The predicted molar refractivity (Wildman–Crippen MR) is 66.1 cm³/mol. The first-order valence-electron chi connectivity index (χ1n) is 5.67. The van der Waals surface area contributed by atoms with E-state index in [4.69, 9.17) is 15.2 Å². The van der Waals surface area contributed by atoms with E-state index in [0.29, 0.717) is 19.1 Å². The Hall–Kier alpha value is -1.22. The zero-order valence-electron chi connectivity index (χ0n) is 10.3. The second-order valence-corrected chi connectivity index (χ2v) is 4.22. The monoisotopic (exact) mass is 223 g/mol. The van der Waals surface area contributed by atoms with Gasteiger partial charge in [0.15, 0.2) is 0 Å². The fourth-order valence-electron chi connectivity index (χ4n) is 1.41. The Labute approximate surface area is 97.6 Å². The first kappa shape index (κ1) is 12.8. The van der Waals surface area contributed by atoms with Crippen molar-refractivity contribution in [3.05, 3.63) is 23.8 Å². The van der Waals surface area contributed by atoms with E-state index in [-0.39, 0.29) is 0 Å². The largest absolute Gasteiger partial charge is 0.497 e. The van der Waals surface area contributed by atoms with E-state index in [1.54, 1.807) is 7.11 Å². The predicted octanol–water partition coefficient (Wildman–Crippen LogP) is 2.23. The maximum atomic E-state index is 5.76. The normalized spacial score (nSPS) is 10.6. The van der Waals surface area contributed by atoms with Gasteiger partial charge >= 0.3 is 0 Å². The van der Waals surface area contributed by atoms with E-state index in [1.807, 2.05) is 18.2 Å². The van der Waals surface area contributed by atoms with Crippen LogP contribution in [0.3, 0.4) is 0 Å². The molecule has 1 aromatic carbocycles. The fourth-order valence-corrected chi connectivity index (χ4v) is 1.41. The van der Waals surface area contributed by atoms with Gasteiger partial charge in [-0.3, -0.25) is 0 Å². The summed E-state index contributed by atoms with van der Waals surface area (Å²) in [6, 6.07) is 5.88. The molecule has 0 bridgehead atoms. The van der Waals surface area contributed by atoms with Crippen molar-refractivity contribution in [2.24, 2.45) is 11.7 Å². The summed E-state index contributed by atoms with van der Waals surface area (Å²) in [7, 11) is 1.66. The summed E-state index contributed by atoms with van der Waals surface area (Å²) < 4.78 is 10.9. The van der Waals surface area contributed by atoms with Crippen molar-refractivity contribution >= 4 is 0 Å². The molecule has 0 spiro atoms. The number of methoxy groups -OCH3 is 1. The van der Waals surface area contributed by atoms with Crippen molar-refractivity contribution in [2.75, 3.05) is 20.3 Å². The Morgan fingerprint density at radius 1 is 1.31 bits per heavy atom. The Morgan fingerprint density at radius 2 is 2.06 bits per heavy atom. The highest BCUT2D eigenvalue weighted by Crippen LogP contribution is 2.25. The number of rotatable bonds is 6. The van der Waals surface area contributed by atoms with Crippen LogP contribution in [0.5, 0.6) is 11.5 Å². The summed E-state index contributed by atoms with van der Waals surface area (Å²) >= 11 is 0. The summed E-state index contributed by atoms with van der Waals surface area (Å²) in [6.07, 6.45) is 0.831. The van der Waals surface area contributed by atoms with Crippen LogP contribution in [0, 0.1) is 5.92 Å². The molecule has 16 heavy (non-hydrogen) atoms. The molecule has 3 nitrogen and oxygen atoms in total. The first-order chi connectivity index (χ1) is 7.67. The average molecular weight is 223 g/mol. The smallest absolute Gasteiger partial charge is 0.126 e. The average Bonchev–Trinajstić information content (AvgIpc) is 2.28. The molecule has 0 aliphatic rings. The van der Waals surface area contributed by atoms with Crippen LogP contribution >= 0.6 is 0 Å². The van der Waals surface area contributed by atoms with Gasteiger partial charge in [-0.1, -0.05) is 19.9 Å². The Morgan fingerprint density at radius 3 is 2.62 bits per heavy atom. The molecule has 1 aromatic rings. The molecule has 0 aromatic heterocycles. The molecule has 2 N–H and O–H groups in total. The van der Waals surface area contributed by atoms with Crippen LogP contribution in [-0.2, 0) is 6.42 Å². The van der Waals surface area contributed by atoms with Gasteiger partial charge in [0.1, 0.15) is 11.5 Å². The first-order valence-corrected chi connectivity index (χ1v) is 5.67. The summed E-state index contributed by atoms with van der Waals surface area (Å²) in [5.41, 5.74) is 6.71. The van der Waals surface area contributed by atoms with Gasteiger partial charge in [-0.2, -0.15) is 0 Å². The minimum atomic E-state index is 0.511. The van der Waals surface area contributed by atoms with Gasteiger partial charge in [0.2, 0.25) is 0 Å². The van der Waals surface area contributed by atoms with E-state index < -0.39 is 0 Å². The van der Waals surface area contributed by atoms with E-state index >= 15 is 0 Å². The van der Waals surface area contributed by atoms with Gasteiger partial charge < -0.3 is 15.2 Å². The van der Waals surface area contributed by atoms with E-state index in [1.165, 1.54) is 0 Å². The third-order valence-electron chi connectivity index (χ3n) is 2.26. The summed E-state index contributed by atoms with van der Waals surface area (Å²) in [6.45, 7) is 5.60. The van der Waals surface area contributed by atoms with Gasteiger partial charge in [-0.25, -0.2) is 0 Å². The molecule has 0 heterocycles. The Bertz CT molecular complexity index is 324. The van der Waals surface area contributed by atoms with Crippen molar-refractivity contribution in [1.29, 1.82) is 0 Å². The van der Waals surface area contributed by atoms with Gasteiger partial charge in [-0.15, -0.1) is 0 Å². The molecule has 90 valence electrons. The van der Waals surface area contributed by atoms with Gasteiger partial charge in [0.05, 0.1) is 13.7 Å². The van der Waals surface area contributed by atoms with Crippen LogP contribution in [0.4, 0.5) is 0 Å². The van der Waals surface area contributed by atoms with Crippen LogP contribution < -0.4 is 15.2 Å². The standard InChI is InChI=1S/C13H21NO2/c1-10(2)9-16-13-8-12(15-3)5-4-11(13)6-7-14/h4-5,8,10H,6-7,9,14H2,1-3H3. The van der Waals surface area contributed by atoms with Gasteiger partial charge in [-0.05, 0) is 30.5 Å². The molecule has 0 saturated heterocycles. The number of ether oxygens (including phenoxy) is 2. The third-order valence-corrected chi connectivity index (χ3v) is 2.26. The molecular formula is C13H21NO2.